The Balaban J connectivity index is 1.63. The number of urea groups is 1. The molecule has 0 aliphatic carbocycles. The van der Waals surface area contributed by atoms with Crippen LogP contribution < -0.4 is 25.0 Å². The number of nitrogens with zero attached hydrogens (tertiary/aromatic N) is 2. The molecule has 0 saturated carbocycles. The Morgan fingerprint density at radius 3 is 2.33 bits per heavy atom. The Hall–Kier alpha value is -3.75. The van der Waals surface area contributed by atoms with Crippen molar-refractivity contribution in [2.75, 3.05) is 49.4 Å². The number of hydrogen-bond acceptors (Lipinski definition) is 5. The molecular weight excluding hydrogens is 388 g/mol. The van der Waals surface area contributed by atoms with Crippen LogP contribution in [-0.4, -0.2) is 56.6 Å². The molecule has 1 aliphatic rings. The molecule has 158 valence electrons. The maximum Gasteiger partial charge on any atom is 0.325 e. The van der Waals surface area contributed by atoms with Crippen molar-refractivity contribution in [1.29, 1.82) is 0 Å². The zero-order valence-electron chi connectivity index (χ0n) is 17.1. The molecule has 0 aromatic heterocycles. The molecule has 1 heterocycles. The lowest BCUT2D eigenvalue weighted by atomic mass is 10.2. The second-order valence-corrected chi connectivity index (χ2v) is 6.71. The minimum Gasteiger partial charge on any atom is -0.493 e. The number of benzene rings is 2. The van der Waals surface area contributed by atoms with Crippen LogP contribution in [0.5, 0.6) is 11.5 Å². The summed E-state index contributed by atoms with van der Waals surface area (Å²) in [5.41, 5.74) is 1.79. The molecule has 0 unspecified atom stereocenters. The van der Waals surface area contributed by atoms with Gasteiger partial charge in [-0.15, -0.1) is 0 Å². The maximum atomic E-state index is 12.8. The Kier molecular flexibility index (Phi) is 6.41. The van der Waals surface area contributed by atoms with Crippen LogP contribution in [0.2, 0.25) is 0 Å². The summed E-state index contributed by atoms with van der Waals surface area (Å²) in [6.45, 7) is 2.22. The lowest BCUT2D eigenvalue weighted by Crippen LogP contribution is -2.37. The van der Waals surface area contributed by atoms with Gasteiger partial charge in [0.25, 0.3) is 0 Å². The van der Waals surface area contributed by atoms with Crippen molar-refractivity contribution in [2.24, 2.45) is 0 Å². The molecule has 4 amide bonds. The number of amides is 4. The summed E-state index contributed by atoms with van der Waals surface area (Å²) >= 11 is 0. The highest BCUT2D eigenvalue weighted by molar-refractivity contribution is 6.00. The second kappa shape index (κ2) is 9.17. The molecule has 3 rings (SSSR count). The van der Waals surface area contributed by atoms with Crippen LogP contribution in [0.25, 0.3) is 0 Å². The number of ether oxygens (including phenoxy) is 2. The van der Waals surface area contributed by atoms with Gasteiger partial charge in [-0.3, -0.25) is 14.5 Å². The molecule has 2 aromatic rings. The van der Waals surface area contributed by atoms with Gasteiger partial charge in [-0.2, -0.15) is 0 Å². The van der Waals surface area contributed by atoms with Crippen molar-refractivity contribution < 1.29 is 23.9 Å². The molecule has 1 fully saturated rings. The molecule has 0 spiro atoms. The van der Waals surface area contributed by atoms with Crippen LogP contribution in [0.3, 0.4) is 0 Å². The van der Waals surface area contributed by atoms with E-state index in [1.807, 2.05) is 0 Å². The first-order valence-corrected chi connectivity index (χ1v) is 9.37. The summed E-state index contributed by atoms with van der Waals surface area (Å²) in [6.07, 6.45) is 0. The Morgan fingerprint density at radius 2 is 1.67 bits per heavy atom. The van der Waals surface area contributed by atoms with Crippen LogP contribution in [0.1, 0.15) is 6.92 Å². The van der Waals surface area contributed by atoms with Gasteiger partial charge in [-0.25, -0.2) is 4.79 Å². The number of nitrogens with one attached hydrogen (secondary N) is 2. The number of rotatable bonds is 7. The number of hydrogen-bond donors (Lipinski definition) is 2. The molecule has 0 bridgehead atoms. The fourth-order valence-corrected chi connectivity index (χ4v) is 3.21. The number of anilines is 3. The van der Waals surface area contributed by atoms with Gasteiger partial charge in [-0.05, 0) is 30.3 Å². The highest BCUT2D eigenvalue weighted by Crippen LogP contribution is 2.32. The summed E-state index contributed by atoms with van der Waals surface area (Å²) < 4.78 is 10.5. The first-order chi connectivity index (χ1) is 14.4. The van der Waals surface area contributed by atoms with Gasteiger partial charge in [-0.1, -0.05) is 6.07 Å². The Morgan fingerprint density at radius 1 is 0.967 bits per heavy atom. The van der Waals surface area contributed by atoms with Gasteiger partial charge in [0, 0.05) is 43.1 Å². The van der Waals surface area contributed by atoms with E-state index in [1.165, 1.54) is 18.9 Å². The van der Waals surface area contributed by atoms with Crippen molar-refractivity contribution in [3.8, 4) is 11.5 Å². The van der Waals surface area contributed by atoms with Crippen LogP contribution in [0.4, 0.5) is 21.9 Å². The highest BCUT2D eigenvalue weighted by atomic mass is 16.5. The van der Waals surface area contributed by atoms with E-state index in [0.29, 0.717) is 41.7 Å². The average molecular weight is 412 g/mol. The number of carbonyl (C=O) groups excluding carboxylic acids is 3. The lowest BCUT2D eigenvalue weighted by Gasteiger charge is -2.19. The van der Waals surface area contributed by atoms with Gasteiger partial charge >= 0.3 is 6.03 Å². The van der Waals surface area contributed by atoms with Crippen LogP contribution in [0, 0.1) is 0 Å². The van der Waals surface area contributed by atoms with E-state index in [4.69, 9.17) is 9.47 Å². The van der Waals surface area contributed by atoms with Crippen LogP contribution in [-0.2, 0) is 9.59 Å². The van der Waals surface area contributed by atoms with E-state index in [0.717, 1.165) is 0 Å². The van der Waals surface area contributed by atoms with Crippen molar-refractivity contribution >= 4 is 34.9 Å². The minimum absolute atomic E-state index is 0.0764. The van der Waals surface area contributed by atoms with E-state index >= 15 is 0 Å². The third kappa shape index (κ3) is 4.80. The third-order valence-electron chi connectivity index (χ3n) is 4.57. The van der Waals surface area contributed by atoms with Gasteiger partial charge < -0.3 is 25.0 Å². The topological polar surface area (TPSA) is 100 Å². The smallest absolute Gasteiger partial charge is 0.325 e. The fraction of sp³-hybridized carbons (Fsp3) is 0.286. The SMILES string of the molecule is COc1ccc(N2CCN(CC(=O)Nc3cccc(NC(C)=O)c3)C2=O)cc1OC. The van der Waals surface area contributed by atoms with Crippen LogP contribution in [0.15, 0.2) is 42.5 Å². The van der Waals surface area contributed by atoms with Crippen LogP contribution >= 0.6 is 0 Å². The van der Waals surface area contributed by atoms with Crippen molar-refractivity contribution in [2.45, 2.75) is 6.92 Å². The van der Waals surface area contributed by atoms with E-state index in [1.54, 1.807) is 54.5 Å². The zero-order chi connectivity index (χ0) is 21.7. The normalized spacial score (nSPS) is 13.2. The first kappa shape index (κ1) is 21.0. The van der Waals surface area contributed by atoms with Gasteiger partial charge in [0.05, 0.1) is 14.2 Å². The molecular formula is C21H24N4O5. The summed E-state index contributed by atoms with van der Waals surface area (Å²) in [5.74, 6) is 0.581. The van der Waals surface area contributed by atoms with Gasteiger partial charge in [0.1, 0.15) is 6.54 Å². The fourth-order valence-electron chi connectivity index (χ4n) is 3.21. The third-order valence-corrected chi connectivity index (χ3v) is 4.57. The summed E-state index contributed by atoms with van der Waals surface area (Å²) in [4.78, 5) is 39.4. The molecule has 9 heteroatoms. The van der Waals surface area contributed by atoms with E-state index in [2.05, 4.69) is 10.6 Å². The summed E-state index contributed by atoms with van der Waals surface area (Å²) in [6, 6.07) is 11.8. The molecule has 9 nitrogen and oxygen atoms in total. The molecule has 2 N–H and O–H groups in total. The Labute approximate surface area is 174 Å². The van der Waals surface area contributed by atoms with Crippen molar-refractivity contribution in [1.82, 2.24) is 4.90 Å². The van der Waals surface area contributed by atoms with Crippen molar-refractivity contribution in [3.63, 3.8) is 0 Å². The largest absolute Gasteiger partial charge is 0.493 e. The predicted octanol–water partition coefficient (Wildman–Crippen LogP) is 2.54. The second-order valence-electron chi connectivity index (χ2n) is 6.71. The standard InChI is InChI=1S/C21H24N4O5/c1-14(26)22-15-5-4-6-16(11-15)23-20(27)13-24-9-10-25(21(24)28)17-7-8-18(29-2)19(12-17)30-3/h4-8,11-12H,9-10,13H2,1-3H3,(H,22,26)(H,23,27). The molecule has 30 heavy (non-hydrogen) atoms. The van der Waals surface area contributed by atoms with E-state index in [-0.39, 0.29) is 24.4 Å². The molecule has 2 aromatic carbocycles. The van der Waals surface area contributed by atoms with E-state index < -0.39 is 0 Å². The lowest BCUT2D eigenvalue weighted by molar-refractivity contribution is -0.116. The first-order valence-electron chi connectivity index (χ1n) is 9.37. The molecule has 1 aliphatic heterocycles. The molecule has 1 saturated heterocycles. The molecule has 0 radical (unpaired) electrons. The molecule has 0 atom stereocenters. The maximum absolute atomic E-state index is 12.8. The monoisotopic (exact) mass is 412 g/mol. The van der Waals surface area contributed by atoms with Crippen molar-refractivity contribution in [3.05, 3.63) is 42.5 Å². The minimum atomic E-state index is -0.322. The average Bonchev–Trinajstić information content (AvgIpc) is 3.07. The predicted molar refractivity (Wildman–Crippen MR) is 113 cm³/mol. The quantitative estimate of drug-likeness (QED) is 0.728. The van der Waals surface area contributed by atoms with Gasteiger partial charge in [0.15, 0.2) is 11.5 Å². The van der Waals surface area contributed by atoms with Gasteiger partial charge in [0.2, 0.25) is 11.8 Å². The Bertz CT molecular complexity index is 962. The highest BCUT2D eigenvalue weighted by Gasteiger charge is 2.31. The summed E-state index contributed by atoms with van der Waals surface area (Å²) in [7, 11) is 3.08. The number of carbonyl (C=O) groups is 3. The van der Waals surface area contributed by atoms with E-state index in [9.17, 15) is 14.4 Å². The zero-order valence-corrected chi connectivity index (χ0v) is 17.1. The summed E-state index contributed by atoms with van der Waals surface area (Å²) in [5, 5.41) is 5.41. The number of methoxy groups -OCH3 is 2.